The first-order chi connectivity index (χ1) is 9.71. The van der Waals surface area contributed by atoms with E-state index in [1.165, 1.54) is 12.1 Å². The first-order valence-corrected chi connectivity index (χ1v) is 7.28. The molecule has 0 heterocycles. The van der Waals surface area contributed by atoms with Crippen molar-refractivity contribution < 1.29 is 25.8 Å². The van der Waals surface area contributed by atoms with Crippen LogP contribution in [-0.2, 0) is 14.3 Å². The third-order valence-electron chi connectivity index (χ3n) is 2.60. The Kier molecular flexibility index (Phi) is 5.51. The third-order valence-corrected chi connectivity index (χ3v) is 3.64. The van der Waals surface area contributed by atoms with Crippen LogP contribution < -0.4 is 4.90 Å². The van der Waals surface area contributed by atoms with Gasteiger partial charge in [-0.1, -0.05) is 0 Å². The average molecular weight is 324 g/mol. The summed E-state index contributed by atoms with van der Waals surface area (Å²) in [5.41, 5.74) is -4.46. The topological polar surface area (TPSA) is 74.8 Å². The molecule has 0 aliphatic carbocycles. The predicted molar refractivity (Wildman–Crippen MR) is 70.0 cm³/mol. The van der Waals surface area contributed by atoms with Crippen LogP contribution in [0.5, 0.6) is 0 Å². The summed E-state index contributed by atoms with van der Waals surface area (Å²) in [6.07, 6.45) is 0. The normalized spacial score (nSPS) is 12.0. The molecule has 1 aromatic rings. The number of benzene rings is 1. The van der Waals surface area contributed by atoms with Gasteiger partial charge in [0.1, 0.15) is 0 Å². The Balaban J connectivity index is 2.65. The van der Waals surface area contributed by atoms with Crippen LogP contribution in [0.2, 0.25) is 0 Å². The van der Waals surface area contributed by atoms with Crippen LogP contribution in [0.4, 0.5) is 24.5 Å². The van der Waals surface area contributed by atoms with Crippen LogP contribution in [0, 0.1) is 5.39 Å². The standard InChI is InChI=1S/C11H13F3N3O3S/c1-2-17(10-5-3-9(16-15)4-6-10)7-8-20-21(18,19)11(12,13)14/h3-6H,2,7-8H2,1H3/q+1. The van der Waals surface area contributed by atoms with Crippen molar-refractivity contribution in [3.8, 4) is 0 Å². The Labute approximate surface area is 119 Å². The monoisotopic (exact) mass is 324 g/mol. The summed E-state index contributed by atoms with van der Waals surface area (Å²) < 4.78 is 61.7. The zero-order valence-electron chi connectivity index (χ0n) is 11.0. The molecular weight excluding hydrogens is 311 g/mol. The molecule has 21 heavy (non-hydrogen) atoms. The predicted octanol–water partition coefficient (Wildman–Crippen LogP) is 2.86. The van der Waals surface area contributed by atoms with Crippen molar-refractivity contribution in [3.63, 3.8) is 0 Å². The second-order valence-electron chi connectivity index (χ2n) is 3.92. The van der Waals surface area contributed by atoms with Gasteiger partial charge >= 0.3 is 21.3 Å². The summed E-state index contributed by atoms with van der Waals surface area (Å²) in [6, 6.07) is 6.20. The number of hydrogen-bond donors (Lipinski definition) is 0. The van der Waals surface area contributed by atoms with Gasteiger partial charge in [0.05, 0.1) is 6.61 Å². The van der Waals surface area contributed by atoms with E-state index in [4.69, 9.17) is 5.39 Å². The van der Waals surface area contributed by atoms with Gasteiger partial charge in [-0.25, -0.2) is 0 Å². The van der Waals surface area contributed by atoms with E-state index < -0.39 is 22.2 Å². The van der Waals surface area contributed by atoms with Gasteiger partial charge in [0.25, 0.3) is 0 Å². The maximum atomic E-state index is 12.1. The molecule has 0 N–H and O–H groups in total. The van der Waals surface area contributed by atoms with E-state index in [0.717, 1.165) is 0 Å². The fourth-order valence-electron chi connectivity index (χ4n) is 1.52. The van der Waals surface area contributed by atoms with E-state index in [1.807, 2.05) is 0 Å². The highest BCUT2D eigenvalue weighted by atomic mass is 32.2. The maximum absolute atomic E-state index is 12.1. The van der Waals surface area contributed by atoms with Gasteiger partial charge in [0.2, 0.25) is 5.39 Å². The molecule has 1 rings (SSSR count). The van der Waals surface area contributed by atoms with Crippen molar-refractivity contribution >= 4 is 21.5 Å². The van der Waals surface area contributed by atoms with Crippen molar-refractivity contribution in [3.05, 3.63) is 29.2 Å². The number of nitrogens with zero attached hydrogens (tertiary/aromatic N) is 3. The number of rotatable bonds is 6. The molecule has 0 bridgehead atoms. The van der Waals surface area contributed by atoms with E-state index in [9.17, 15) is 21.6 Å². The molecule has 0 aliphatic rings. The van der Waals surface area contributed by atoms with E-state index in [-0.39, 0.29) is 6.54 Å². The van der Waals surface area contributed by atoms with Crippen molar-refractivity contribution in [1.82, 2.24) is 0 Å². The highest BCUT2D eigenvalue weighted by molar-refractivity contribution is 7.87. The van der Waals surface area contributed by atoms with Crippen molar-refractivity contribution in [2.75, 3.05) is 24.6 Å². The van der Waals surface area contributed by atoms with E-state index in [1.54, 1.807) is 24.0 Å². The molecule has 10 heteroatoms. The lowest BCUT2D eigenvalue weighted by Gasteiger charge is -2.22. The molecule has 0 unspecified atom stereocenters. The van der Waals surface area contributed by atoms with Gasteiger partial charge < -0.3 is 4.90 Å². The quantitative estimate of drug-likeness (QED) is 0.457. The minimum Gasteiger partial charge on any atom is -0.369 e. The third kappa shape index (κ3) is 4.57. The molecule has 0 aliphatic heterocycles. The Morgan fingerprint density at radius 1 is 1.29 bits per heavy atom. The zero-order chi connectivity index (χ0) is 16.1. The molecule has 116 valence electrons. The van der Waals surface area contributed by atoms with Crippen LogP contribution in [0.3, 0.4) is 0 Å². The summed E-state index contributed by atoms with van der Waals surface area (Å²) in [5, 5.41) is 8.55. The highest BCUT2D eigenvalue weighted by Crippen LogP contribution is 2.25. The van der Waals surface area contributed by atoms with Gasteiger partial charge in [-0.05, 0) is 19.1 Å². The number of hydrogen-bond acceptors (Lipinski definition) is 5. The van der Waals surface area contributed by atoms with Crippen molar-refractivity contribution in [2.24, 2.45) is 0 Å². The van der Waals surface area contributed by atoms with Gasteiger partial charge in [0.15, 0.2) is 4.98 Å². The number of halogens is 3. The molecule has 0 radical (unpaired) electrons. The second kappa shape index (κ2) is 6.73. The van der Waals surface area contributed by atoms with Crippen LogP contribution >= 0.6 is 0 Å². The smallest absolute Gasteiger partial charge is 0.369 e. The summed E-state index contributed by atoms with van der Waals surface area (Å²) in [7, 11) is -5.57. The maximum Gasteiger partial charge on any atom is 0.523 e. The summed E-state index contributed by atoms with van der Waals surface area (Å²) in [4.78, 5) is 4.59. The number of alkyl halides is 3. The van der Waals surface area contributed by atoms with Crippen molar-refractivity contribution in [1.29, 1.82) is 5.39 Å². The number of anilines is 1. The first-order valence-electron chi connectivity index (χ1n) is 5.87. The summed E-state index contributed by atoms with van der Waals surface area (Å²) in [6.45, 7) is 1.52. The summed E-state index contributed by atoms with van der Waals surface area (Å²) in [5.74, 6) is 0. The molecule has 0 spiro atoms. The van der Waals surface area contributed by atoms with E-state index in [2.05, 4.69) is 9.16 Å². The Morgan fingerprint density at radius 3 is 2.29 bits per heavy atom. The highest BCUT2D eigenvalue weighted by Gasteiger charge is 2.47. The SMILES string of the molecule is CCN(CCOS(=O)(=O)C(F)(F)F)c1ccc([N+]#N)cc1. The largest absolute Gasteiger partial charge is 0.523 e. The molecular formula is C11H13F3N3O3S+. The van der Waals surface area contributed by atoms with Crippen LogP contribution in [0.15, 0.2) is 24.3 Å². The van der Waals surface area contributed by atoms with Crippen LogP contribution in [0.1, 0.15) is 6.92 Å². The molecule has 0 atom stereocenters. The van der Waals surface area contributed by atoms with Crippen molar-refractivity contribution in [2.45, 2.75) is 12.4 Å². The second-order valence-corrected chi connectivity index (χ2v) is 5.52. The fraction of sp³-hybridized carbons (Fsp3) is 0.455. The molecule has 0 saturated heterocycles. The van der Waals surface area contributed by atoms with Crippen LogP contribution in [0.25, 0.3) is 4.98 Å². The molecule has 6 nitrogen and oxygen atoms in total. The Bertz CT molecular complexity index is 608. The van der Waals surface area contributed by atoms with E-state index >= 15 is 0 Å². The van der Waals surface area contributed by atoms with Gasteiger partial charge in [0, 0.05) is 30.9 Å². The molecule has 0 saturated carbocycles. The lowest BCUT2D eigenvalue weighted by molar-refractivity contribution is -0.0540. The molecule has 0 aromatic heterocycles. The summed E-state index contributed by atoms with van der Waals surface area (Å²) >= 11 is 0. The number of diazo groups is 1. The van der Waals surface area contributed by atoms with E-state index in [0.29, 0.717) is 17.9 Å². The minimum atomic E-state index is -5.57. The fourth-order valence-corrected chi connectivity index (χ4v) is 1.95. The van der Waals surface area contributed by atoms with Gasteiger partial charge in [-0.2, -0.15) is 21.6 Å². The molecule has 1 aromatic carbocycles. The lowest BCUT2D eigenvalue weighted by Crippen LogP contribution is -2.31. The van der Waals surface area contributed by atoms with Gasteiger partial charge in [-0.15, -0.1) is 0 Å². The number of likely N-dealkylation sites (N-methyl/N-ethyl adjacent to an activating group) is 1. The Hall–Kier alpha value is -1.86. The molecule has 0 fully saturated rings. The average Bonchev–Trinajstić information content (AvgIpc) is 2.42. The lowest BCUT2D eigenvalue weighted by atomic mass is 10.2. The zero-order valence-corrected chi connectivity index (χ0v) is 11.9. The van der Waals surface area contributed by atoms with Gasteiger partial charge in [-0.3, -0.25) is 4.18 Å². The first kappa shape index (κ1) is 17.2. The molecule has 0 amide bonds. The minimum absolute atomic E-state index is 0.0403. The van der Waals surface area contributed by atoms with Crippen LogP contribution in [-0.4, -0.2) is 33.6 Å². The Morgan fingerprint density at radius 2 is 1.86 bits per heavy atom.